The standard InChI is InChI=1S/C12H15ClF3N3O/c1-7(8-2-4-9(13)5-3-8)18-6-10(11(17)19-20)12(14,15)16/h2-5,7,10,18,20H,6H2,1H3,(H2,17,19)/t7-,10?/m0/s1. The van der Waals surface area contributed by atoms with E-state index in [0.717, 1.165) is 5.56 Å². The van der Waals surface area contributed by atoms with Crippen molar-refractivity contribution in [2.45, 2.75) is 19.1 Å². The first kappa shape index (κ1) is 16.6. The van der Waals surface area contributed by atoms with E-state index in [2.05, 4.69) is 10.5 Å². The van der Waals surface area contributed by atoms with Gasteiger partial charge in [0.2, 0.25) is 0 Å². The molecular formula is C12H15ClF3N3O. The molecule has 0 heterocycles. The van der Waals surface area contributed by atoms with Crippen molar-refractivity contribution in [3.63, 3.8) is 0 Å². The van der Waals surface area contributed by atoms with E-state index in [9.17, 15) is 13.2 Å². The van der Waals surface area contributed by atoms with Gasteiger partial charge in [-0.25, -0.2) is 0 Å². The molecule has 1 unspecified atom stereocenters. The predicted molar refractivity (Wildman–Crippen MR) is 70.8 cm³/mol. The Morgan fingerprint density at radius 3 is 2.40 bits per heavy atom. The highest BCUT2D eigenvalue weighted by Gasteiger charge is 2.42. The first-order chi connectivity index (χ1) is 9.25. The molecule has 20 heavy (non-hydrogen) atoms. The van der Waals surface area contributed by atoms with Gasteiger partial charge in [-0.1, -0.05) is 28.9 Å². The topological polar surface area (TPSA) is 70.6 Å². The van der Waals surface area contributed by atoms with E-state index in [0.29, 0.717) is 5.02 Å². The number of nitrogens with zero attached hydrogens (tertiary/aromatic N) is 1. The summed E-state index contributed by atoms with van der Waals surface area (Å²) in [7, 11) is 0. The first-order valence-electron chi connectivity index (χ1n) is 5.78. The average Bonchev–Trinajstić information content (AvgIpc) is 2.37. The van der Waals surface area contributed by atoms with Gasteiger partial charge in [0.25, 0.3) is 0 Å². The maximum atomic E-state index is 12.7. The molecule has 0 aliphatic carbocycles. The fourth-order valence-corrected chi connectivity index (χ4v) is 1.75. The molecule has 0 fully saturated rings. The average molecular weight is 310 g/mol. The normalized spacial score (nSPS) is 15.9. The molecule has 1 rings (SSSR count). The Bertz CT molecular complexity index is 462. The molecule has 0 aliphatic rings. The van der Waals surface area contributed by atoms with Crippen LogP contribution < -0.4 is 11.1 Å². The molecule has 0 bridgehead atoms. The number of nitrogens with one attached hydrogen (secondary N) is 1. The summed E-state index contributed by atoms with van der Waals surface area (Å²) in [6.07, 6.45) is -4.58. The van der Waals surface area contributed by atoms with Crippen molar-refractivity contribution >= 4 is 17.4 Å². The smallest absolute Gasteiger partial charge is 0.400 e. The van der Waals surface area contributed by atoms with Crippen LogP contribution >= 0.6 is 11.6 Å². The monoisotopic (exact) mass is 309 g/mol. The van der Waals surface area contributed by atoms with Crippen LogP contribution in [0.2, 0.25) is 5.02 Å². The van der Waals surface area contributed by atoms with Gasteiger partial charge in [0.15, 0.2) is 5.84 Å². The molecule has 0 radical (unpaired) electrons. The van der Waals surface area contributed by atoms with Gasteiger partial charge in [0, 0.05) is 17.6 Å². The third-order valence-electron chi connectivity index (χ3n) is 2.87. The van der Waals surface area contributed by atoms with Crippen molar-refractivity contribution in [1.29, 1.82) is 0 Å². The van der Waals surface area contributed by atoms with Gasteiger partial charge >= 0.3 is 6.18 Å². The molecule has 0 aliphatic heterocycles. The number of rotatable bonds is 5. The summed E-state index contributed by atoms with van der Waals surface area (Å²) in [5.74, 6) is -2.91. The number of halogens is 4. The number of hydrogen-bond acceptors (Lipinski definition) is 3. The van der Waals surface area contributed by atoms with Crippen molar-refractivity contribution in [2.24, 2.45) is 16.8 Å². The molecule has 1 aromatic carbocycles. The Hall–Kier alpha value is -1.47. The number of amidine groups is 1. The van der Waals surface area contributed by atoms with Crippen LogP contribution in [-0.4, -0.2) is 23.8 Å². The predicted octanol–water partition coefficient (Wildman–Crippen LogP) is 2.92. The second-order valence-corrected chi connectivity index (χ2v) is 4.74. The Balaban J connectivity index is 2.70. The summed E-state index contributed by atoms with van der Waals surface area (Å²) in [4.78, 5) is 0. The highest BCUT2D eigenvalue weighted by molar-refractivity contribution is 6.30. The molecule has 0 saturated carbocycles. The Labute approximate surface area is 119 Å². The lowest BCUT2D eigenvalue weighted by Crippen LogP contribution is -2.43. The minimum absolute atomic E-state index is 0.330. The highest BCUT2D eigenvalue weighted by Crippen LogP contribution is 2.26. The maximum Gasteiger partial charge on any atom is 0.400 e. The summed E-state index contributed by atoms with van der Waals surface area (Å²) in [6, 6.07) is 6.40. The van der Waals surface area contributed by atoms with Crippen LogP contribution in [0.5, 0.6) is 0 Å². The van der Waals surface area contributed by atoms with Crippen LogP contribution in [-0.2, 0) is 0 Å². The van der Waals surface area contributed by atoms with Gasteiger partial charge in [-0.2, -0.15) is 13.2 Å². The van der Waals surface area contributed by atoms with E-state index in [1.165, 1.54) is 0 Å². The third kappa shape index (κ3) is 4.57. The number of hydrogen-bond donors (Lipinski definition) is 3. The summed E-state index contributed by atoms with van der Waals surface area (Å²) >= 11 is 5.73. The lowest BCUT2D eigenvalue weighted by atomic mass is 10.1. The minimum Gasteiger partial charge on any atom is -0.409 e. The van der Waals surface area contributed by atoms with Crippen LogP contribution in [0.25, 0.3) is 0 Å². The molecule has 0 aromatic heterocycles. The zero-order chi connectivity index (χ0) is 15.3. The maximum absolute atomic E-state index is 12.7. The van der Waals surface area contributed by atoms with Crippen molar-refractivity contribution in [2.75, 3.05) is 6.54 Å². The quantitative estimate of drug-likeness (QED) is 0.339. The summed E-state index contributed by atoms with van der Waals surface area (Å²) < 4.78 is 38.2. The van der Waals surface area contributed by atoms with E-state index in [4.69, 9.17) is 22.5 Å². The van der Waals surface area contributed by atoms with Gasteiger partial charge in [0.1, 0.15) is 5.92 Å². The Morgan fingerprint density at radius 2 is 1.95 bits per heavy atom. The van der Waals surface area contributed by atoms with Gasteiger partial charge in [-0.3, -0.25) is 0 Å². The van der Waals surface area contributed by atoms with Crippen molar-refractivity contribution in [3.05, 3.63) is 34.9 Å². The number of nitrogens with two attached hydrogens (primary N) is 1. The number of alkyl halides is 3. The second kappa shape index (κ2) is 6.81. The molecule has 0 spiro atoms. The highest BCUT2D eigenvalue weighted by atomic mass is 35.5. The second-order valence-electron chi connectivity index (χ2n) is 4.30. The molecular weight excluding hydrogens is 295 g/mol. The van der Waals surface area contributed by atoms with E-state index in [1.54, 1.807) is 31.2 Å². The molecule has 112 valence electrons. The molecule has 0 saturated heterocycles. The van der Waals surface area contributed by atoms with Gasteiger partial charge in [-0.15, -0.1) is 0 Å². The van der Waals surface area contributed by atoms with Gasteiger partial charge < -0.3 is 16.3 Å². The Kier molecular flexibility index (Phi) is 5.64. The van der Waals surface area contributed by atoms with Crippen LogP contribution in [0.4, 0.5) is 13.2 Å². The first-order valence-corrected chi connectivity index (χ1v) is 6.16. The van der Waals surface area contributed by atoms with Crippen molar-refractivity contribution in [1.82, 2.24) is 5.32 Å². The Morgan fingerprint density at radius 1 is 1.40 bits per heavy atom. The van der Waals surface area contributed by atoms with Crippen LogP contribution in [0.3, 0.4) is 0 Å². The zero-order valence-corrected chi connectivity index (χ0v) is 11.4. The van der Waals surface area contributed by atoms with Crippen LogP contribution in [0, 0.1) is 5.92 Å². The van der Waals surface area contributed by atoms with Crippen molar-refractivity contribution in [3.8, 4) is 0 Å². The fourth-order valence-electron chi connectivity index (χ4n) is 1.62. The lowest BCUT2D eigenvalue weighted by molar-refractivity contribution is -0.155. The van der Waals surface area contributed by atoms with Gasteiger partial charge in [0.05, 0.1) is 0 Å². The molecule has 4 N–H and O–H groups in total. The SMILES string of the molecule is C[C@H](NCC(/C(N)=N/O)C(F)(F)F)c1ccc(Cl)cc1. The summed E-state index contributed by atoms with van der Waals surface area (Å²) in [5.41, 5.74) is 5.86. The molecule has 2 atom stereocenters. The largest absolute Gasteiger partial charge is 0.409 e. The van der Waals surface area contributed by atoms with Crippen LogP contribution in [0.15, 0.2) is 29.4 Å². The fraction of sp³-hybridized carbons (Fsp3) is 0.417. The van der Waals surface area contributed by atoms with Gasteiger partial charge in [-0.05, 0) is 24.6 Å². The molecule has 4 nitrogen and oxygen atoms in total. The zero-order valence-electron chi connectivity index (χ0n) is 10.7. The van der Waals surface area contributed by atoms with E-state index in [1.807, 2.05) is 0 Å². The number of oxime groups is 1. The summed E-state index contributed by atoms with van der Waals surface area (Å²) in [5, 5.41) is 14.1. The van der Waals surface area contributed by atoms with E-state index in [-0.39, 0.29) is 6.04 Å². The van der Waals surface area contributed by atoms with Crippen molar-refractivity contribution < 1.29 is 18.4 Å². The number of benzene rings is 1. The lowest BCUT2D eigenvalue weighted by Gasteiger charge is -2.22. The molecule has 8 heteroatoms. The molecule has 0 amide bonds. The third-order valence-corrected chi connectivity index (χ3v) is 3.12. The van der Waals surface area contributed by atoms with E-state index < -0.39 is 24.5 Å². The minimum atomic E-state index is -4.58. The van der Waals surface area contributed by atoms with Crippen LogP contribution in [0.1, 0.15) is 18.5 Å². The molecule has 1 aromatic rings. The summed E-state index contributed by atoms with van der Waals surface area (Å²) in [6.45, 7) is 1.23. The van der Waals surface area contributed by atoms with E-state index >= 15 is 0 Å².